The van der Waals surface area contributed by atoms with Gasteiger partial charge in [-0.3, -0.25) is 4.79 Å². The number of nitrogens with zero attached hydrogens (tertiary/aromatic N) is 1. The Labute approximate surface area is 109 Å². The van der Waals surface area contributed by atoms with E-state index in [0.29, 0.717) is 18.0 Å². The smallest absolute Gasteiger partial charge is 0.260 e. The maximum Gasteiger partial charge on any atom is 0.260 e. The monoisotopic (exact) mass is 250 g/mol. The van der Waals surface area contributed by atoms with Crippen LogP contribution in [0, 0.1) is 5.41 Å². The zero-order chi connectivity index (χ0) is 13.8. The maximum absolute atomic E-state index is 11.8. The van der Waals surface area contributed by atoms with E-state index < -0.39 is 0 Å². The van der Waals surface area contributed by atoms with Crippen molar-refractivity contribution >= 4 is 11.6 Å². The highest BCUT2D eigenvalue weighted by atomic mass is 16.5. The summed E-state index contributed by atoms with van der Waals surface area (Å²) in [5.74, 6) is 0.583. The van der Waals surface area contributed by atoms with Crippen molar-refractivity contribution in [1.29, 1.82) is 0 Å². The Morgan fingerprint density at radius 2 is 2.06 bits per heavy atom. The van der Waals surface area contributed by atoms with Crippen molar-refractivity contribution in [2.45, 2.75) is 20.8 Å². The molecule has 1 aromatic carbocycles. The highest BCUT2D eigenvalue weighted by Gasteiger charge is 2.17. The van der Waals surface area contributed by atoms with E-state index in [2.05, 4.69) is 20.8 Å². The molecule has 0 fully saturated rings. The Morgan fingerprint density at radius 1 is 1.39 bits per heavy atom. The van der Waals surface area contributed by atoms with E-state index in [0.717, 1.165) is 0 Å². The molecule has 2 N–H and O–H groups in total. The number of anilines is 1. The van der Waals surface area contributed by atoms with Gasteiger partial charge in [-0.25, -0.2) is 0 Å². The molecule has 18 heavy (non-hydrogen) atoms. The number of carbonyl (C=O) groups excluding carboxylic acids is 1. The van der Waals surface area contributed by atoms with E-state index in [1.165, 1.54) is 0 Å². The first-order valence-corrected chi connectivity index (χ1v) is 6.00. The van der Waals surface area contributed by atoms with Gasteiger partial charge in [0.25, 0.3) is 5.91 Å². The normalized spacial score (nSPS) is 11.1. The summed E-state index contributed by atoms with van der Waals surface area (Å²) >= 11 is 0. The molecule has 4 heteroatoms. The van der Waals surface area contributed by atoms with Crippen LogP contribution in [0.4, 0.5) is 5.69 Å². The third-order valence-electron chi connectivity index (χ3n) is 2.36. The lowest BCUT2D eigenvalue weighted by Gasteiger charge is -2.26. The van der Waals surface area contributed by atoms with Gasteiger partial charge < -0.3 is 15.4 Å². The average Bonchev–Trinajstić information content (AvgIpc) is 2.23. The van der Waals surface area contributed by atoms with Crippen LogP contribution in [0.25, 0.3) is 0 Å². The minimum absolute atomic E-state index is 0.0349. The molecule has 0 aliphatic heterocycles. The third-order valence-corrected chi connectivity index (χ3v) is 2.36. The van der Waals surface area contributed by atoms with E-state index in [1.54, 1.807) is 36.2 Å². The Morgan fingerprint density at radius 3 is 2.61 bits per heavy atom. The number of hydrogen-bond acceptors (Lipinski definition) is 3. The van der Waals surface area contributed by atoms with E-state index in [4.69, 9.17) is 10.5 Å². The summed E-state index contributed by atoms with van der Waals surface area (Å²) in [6, 6.07) is 7.07. The number of rotatable bonds is 4. The van der Waals surface area contributed by atoms with Crippen LogP contribution >= 0.6 is 0 Å². The Kier molecular flexibility index (Phi) is 4.59. The molecule has 4 nitrogen and oxygen atoms in total. The number of hydrogen-bond donors (Lipinski definition) is 1. The lowest BCUT2D eigenvalue weighted by molar-refractivity contribution is -0.133. The molecule has 0 aliphatic carbocycles. The first-order valence-electron chi connectivity index (χ1n) is 6.00. The summed E-state index contributed by atoms with van der Waals surface area (Å²) in [7, 11) is 1.79. The molecule has 0 aromatic heterocycles. The average molecular weight is 250 g/mol. The lowest BCUT2D eigenvalue weighted by atomic mass is 9.96. The van der Waals surface area contributed by atoms with E-state index in [-0.39, 0.29) is 17.9 Å². The van der Waals surface area contributed by atoms with Crippen LogP contribution in [0.1, 0.15) is 20.8 Å². The Hall–Kier alpha value is -1.71. The maximum atomic E-state index is 11.8. The molecule has 0 saturated heterocycles. The molecule has 0 radical (unpaired) electrons. The fraction of sp³-hybridized carbons (Fsp3) is 0.500. The highest BCUT2D eigenvalue weighted by molar-refractivity contribution is 5.77. The van der Waals surface area contributed by atoms with Gasteiger partial charge in [0.05, 0.1) is 0 Å². The molecule has 0 heterocycles. The third kappa shape index (κ3) is 5.08. The molecule has 1 aromatic rings. The molecule has 0 atom stereocenters. The molecule has 0 bridgehead atoms. The van der Waals surface area contributed by atoms with Crippen molar-refractivity contribution in [3.05, 3.63) is 24.3 Å². The second kappa shape index (κ2) is 5.76. The van der Waals surface area contributed by atoms with Gasteiger partial charge in [-0.1, -0.05) is 26.8 Å². The Balaban J connectivity index is 2.46. The van der Waals surface area contributed by atoms with Crippen LogP contribution in [0.3, 0.4) is 0 Å². The quantitative estimate of drug-likeness (QED) is 0.833. The standard InChI is InChI=1S/C14H22N2O2/c1-14(2,3)10-16(4)13(17)9-18-12-7-5-6-11(15)8-12/h5-8H,9-10,15H2,1-4H3. The molecule has 0 unspecified atom stereocenters. The largest absolute Gasteiger partial charge is 0.484 e. The zero-order valence-corrected chi connectivity index (χ0v) is 11.6. The van der Waals surface area contributed by atoms with Gasteiger partial charge in [0.15, 0.2) is 6.61 Å². The van der Waals surface area contributed by atoms with E-state index in [1.807, 2.05) is 0 Å². The molecule has 1 amide bonds. The SMILES string of the molecule is CN(CC(C)(C)C)C(=O)COc1cccc(N)c1. The molecule has 0 aliphatic rings. The van der Waals surface area contributed by atoms with Gasteiger partial charge in [-0.05, 0) is 17.5 Å². The molecule has 1 rings (SSSR count). The molecule has 0 spiro atoms. The summed E-state index contributed by atoms with van der Waals surface area (Å²) in [5, 5.41) is 0. The summed E-state index contributed by atoms with van der Waals surface area (Å²) in [5.41, 5.74) is 6.35. The van der Waals surface area contributed by atoms with Gasteiger partial charge >= 0.3 is 0 Å². The molecular formula is C14H22N2O2. The van der Waals surface area contributed by atoms with Crippen LogP contribution in [-0.4, -0.2) is 31.0 Å². The fourth-order valence-corrected chi connectivity index (χ4v) is 1.66. The Bertz CT molecular complexity index is 411. The predicted octanol–water partition coefficient (Wildman–Crippen LogP) is 2.15. The van der Waals surface area contributed by atoms with Gasteiger partial charge in [0.2, 0.25) is 0 Å². The second-order valence-corrected chi connectivity index (χ2v) is 5.67. The number of nitrogen functional groups attached to an aromatic ring is 1. The number of nitrogens with two attached hydrogens (primary N) is 1. The fourth-order valence-electron chi connectivity index (χ4n) is 1.66. The van der Waals surface area contributed by atoms with Crippen molar-refractivity contribution in [2.24, 2.45) is 5.41 Å². The molecule has 100 valence electrons. The van der Waals surface area contributed by atoms with E-state index >= 15 is 0 Å². The van der Waals surface area contributed by atoms with Crippen LogP contribution < -0.4 is 10.5 Å². The van der Waals surface area contributed by atoms with Crippen molar-refractivity contribution < 1.29 is 9.53 Å². The van der Waals surface area contributed by atoms with Crippen molar-refractivity contribution in [3.8, 4) is 5.75 Å². The lowest BCUT2D eigenvalue weighted by Crippen LogP contribution is -2.37. The van der Waals surface area contributed by atoms with Crippen molar-refractivity contribution in [2.75, 3.05) is 25.9 Å². The first kappa shape index (κ1) is 14.4. The van der Waals surface area contributed by atoms with E-state index in [9.17, 15) is 4.79 Å². The summed E-state index contributed by atoms with van der Waals surface area (Å²) < 4.78 is 5.41. The number of ether oxygens (including phenoxy) is 1. The predicted molar refractivity (Wildman–Crippen MR) is 73.4 cm³/mol. The number of benzene rings is 1. The summed E-state index contributed by atoms with van der Waals surface area (Å²) in [4.78, 5) is 13.5. The van der Waals surface area contributed by atoms with Crippen molar-refractivity contribution in [3.63, 3.8) is 0 Å². The van der Waals surface area contributed by atoms with Gasteiger partial charge in [-0.15, -0.1) is 0 Å². The van der Waals surface area contributed by atoms with Crippen molar-refractivity contribution in [1.82, 2.24) is 4.90 Å². The molecular weight excluding hydrogens is 228 g/mol. The summed E-state index contributed by atoms with van der Waals surface area (Å²) in [6.07, 6.45) is 0. The van der Waals surface area contributed by atoms with Gasteiger partial charge in [0, 0.05) is 25.3 Å². The highest BCUT2D eigenvalue weighted by Crippen LogP contribution is 2.16. The number of carbonyl (C=O) groups is 1. The molecule has 0 saturated carbocycles. The topological polar surface area (TPSA) is 55.6 Å². The summed E-state index contributed by atoms with van der Waals surface area (Å²) in [6.45, 7) is 7.02. The van der Waals surface area contributed by atoms with Crippen LogP contribution in [0.5, 0.6) is 5.75 Å². The van der Waals surface area contributed by atoms with Crippen LogP contribution in [-0.2, 0) is 4.79 Å². The zero-order valence-electron chi connectivity index (χ0n) is 11.6. The first-order chi connectivity index (χ1) is 8.28. The minimum atomic E-state index is -0.0349. The van der Waals surface area contributed by atoms with Crippen LogP contribution in [0.15, 0.2) is 24.3 Å². The second-order valence-electron chi connectivity index (χ2n) is 5.67. The van der Waals surface area contributed by atoms with Gasteiger partial charge in [-0.2, -0.15) is 0 Å². The van der Waals surface area contributed by atoms with Crippen LogP contribution in [0.2, 0.25) is 0 Å². The van der Waals surface area contributed by atoms with Gasteiger partial charge in [0.1, 0.15) is 5.75 Å². The number of amides is 1. The number of likely N-dealkylation sites (N-methyl/N-ethyl adjacent to an activating group) is 1. The minimum Gasteiger partial charge on any atom is -0.484 e.